The van der Waals surface area contributed by atoms with Gasteiger partial charge in [-0.1, -0.05) is 11.6 Å². The lowest BCUT2D eigenvalue weighted by atomic mass is 10.1. The van der Waals surface area contributed by atoms with Crippen LogP contribution in [-0.4, -0.2) is 56.8 Å². The van der Waals surface area contributed by atoms with Crippen molar-refractivity contribution in [3.05, 3.63) is 52.4 Å². The number of amides is 2. The van der Waals surface area contributed by atoms with Gasteiger partial charge in [0.1, 0.15) is 17.5 Å². The molecule has 1 aliphatic carbocycles. The number of hydrogen-bond acceptors (Lipinski definition) is 9. The lowest BCUT2D eigenvalue weighted by molar-refractivity contribution is -0.142. The topological polar surface area (TPSA) is 127 Å². The fourth-order valence-electron chi connectivity index (χ4n) is 3.75. The summed E-state index contributed by atoms with van der Waals surface area (Å²) in [6, 6.07) is 6.14. The van der Waals surface area contributed by atoms with E-state index in [4.69, 9.17) is 16.3 Å². The molecule has 1 saturated heterocycles. The molecule has 2 N–H and O–H groups in total. The largest absolute Gasteiger partial charge is 0.510 e. The molecular weight excluding hydrogens is 507 g/mol. The molecule has 0 unspecified atom stereocenters. The van der Waals surface area contributed by atoms with Crippen LogP contribution in [0.25, 0.3) is 11.7 Å². The number of nitrogens with one attached hydrogen (secondary N) is 2. The Hall–Kier alpha value is -4.19. The third kappa shape index (κ3) is 5.33. The van der Waals surface area contributed by atoms with Gasteiger partial charge in [0.25, 0.3) is 5.91 Å². The van der Waals surface area contributed by atoms with Crippen molar-refractivity contribution in [2.75, 3.05) is 24.0 Å². The fraction of sp³-hybridized carbons (Fsp3) is 0.292. The Morgan fingerprint density at radius 3 is 2.84 bits per heavy atom. The number of benzene rings is 1. The molecule has 0 spiro atoms. The van der Waals surface area contributed by atoms with Gasteiger partial charge in [-0.05, 0) is 44.0 Å². The van der Waals surface area contributed by atoms with Gasteiger partial charge in [0, 0.05) is 28.3 Å². The van der Waals surface area contributed by atoms with Crippen molar-refractivity contribution in [2.24, 2.45) is 0 Å². The Bertz CT molecular complexity index is 1440. The second kappa shape index (κ2) is 10.1. The van der Waals surface area contributed by atoms with E-state index in [1.807, 2.05) is 0 Å². The molecule has 2 aliphatic rings. The van der Waals surface area contributed by atoms with Gasteiger partial charge >= 0.3 is 6.16 Å². The fourth-order valence-corrected chi connectivity index (χ4v) is 3.92. The number of nitrogens with zero attached hydrogens (tertiary/aromatic N) is 4. The van der Waals surface area contributed by atoms with Gasteiger partial charge in [-0.15, -0.1) is 0 Å². The standard InChI is InChI=1S/C24H22ClFN6O5/c1-2-36-24(35)37-12-31-21(33)8-13(23(31)34)7-14-11-27-32-20(28-16-4-5-16)10-19(30-22(14)32)29-18-9-15(25)3-6-17(18)26/h3,6-7,9-11,16,28H,2,4-5,8,12H2,1H3,(H,29,30). The van der Waals surface area contributed by atoms with Crippen LogP contribution in [-0.2, 0) is 19.1 Å². The Labute approximate surface area is 215 Å². The highest BCUT2D eigenvalue weighted by molar-refractivity contribution is 6.30. The van der Waals surface area contributed by atoms with Crippen LogP contribution in [0.15, 0.2) is 36.0 Å². The van der Waals surface area contributed by atoms with Crippen LogP contribution in [0, 0.1) is 5.82 Å². The molecule has 2 aromatic heterocycles. The first-order valence-electron chi connectivity index (χ1n) is 11.5. The molecule has 1 saturated carbocycles. The third-order valence-corrected chi connectivity index (χ3v) is 5.92. The lowest BCUT2D eigenvalue weighted by Crippen LogP contribution is -2.33. The van der Waals surface area contributed by atoms with Crippen molar-refractivity contribution >= 4 is 58.6 Å². The van der Waals surface area contributed by atoms with Gasteiger partial charge in [0.2, 0.25) is 5.91 Å². The van der Waals surface area contributed by atoms with E-state index < -0.39 is 30.5 Å². The number of imide groups is 1. The molecule has 3 heterocycles. The minimum absolute atomic E-state index is 0.103. The summed E-state index contributed by atoms with van der Waals surface area (Å²) < 4.78 is 25.4. The first-order valence-corrected chi connectivity index (χ1v) is 11.9. The molecule has 1 aliphatic heterocycles. The van der Waals surface area contributed by atoms with Crippen molar-refractivity contribution in [3.8, 4) is 0 Å². The molecule has 3 aromatic rings. The summed E-state index contributed by atoms with van der Waals surface area (Å²) in [5.74, 6) is -0.658. The van der Waals surface area contributed by atoms with Crippen molar-refractivity contribution in [3.63, 3.8) is 0 Å². The van der Waals surface area contributed by atoms with E-state index >= 15 is 0 Å². The highest BCUT2D eigenvalue weighted by Gasteiger charge is 2.35. The number of carbonyl (C=O) groups excluding carboxylic acids is 3. The first-order chi connectivity index (χ1) is 17.8. The predicted molar refractivity (Wildman–Crippen MR) is 132 cm³/mol. The van der Waals surface area contributed by atoms with Crippen LogP contribution in [0.5, 0.6) is 0 Å². The molecule has 192 valence electrons. The predicted octanol–water partition coefficient (Wildman–Crippen LogP) is 4.11. The first kappa shape index (κ1) is 24.5. The van der Waals surface area contributed by atoms with E-state index in [9.17, 15) is 18.8 Å². The van der Waals surface area contributed by atoms with E-state index in [1.165, 1.54) is 30.5 Å². The van der Waals surface area contributed by atoms with Gasteiger partial charge < -0.3 is 20.1 Å². The number of halogens is 2. The summed E-state index contributed by atoms with van der Waals surface area (Å²) >= 11 is 6.02. The Balaban J connectivity index is 1.46. The molecule has 0 atom stereocenters. The number of fused-ring (bicyclic) bond motifs is 1. The van der Waals surface area contributed by atoms with E-state index in [0.717, 1.165) is 17.7 Å². The summed E-state index contributed by atoms with van der Waals surface area (Å²) in [6.07, 6.45) is 3.90. The third-order valence-electron chi connectivity index (χ3n) is 5.69. The van der Waals surface area contributed by atoms with Gasteiger partial charge in [0.15, 0.2) is 12.4 Å². The molecule has 5 rings (SSSR count). The van der Waals surface area contributed by atoms with Crippen LogP contribution >= 0.6 is 11.6 Å². The maximum atomic E-state index is 14.3. The van der Waals surface area contributed by atoms with Crippen molar-refractivity contribution < 1.29 is 28.2 Å². The molecule has 37 heavy (non-hydrogen) atoms. The monoisotopic (exact) mass is 528 g/mol. The van der Waals surface area contributed by atoms with Crippen LogP contribution in [0.1, 0.15) is 31.7 Å². The van der Waals surface area contributed by atoms with E-state index in [2.05, 4.69) is 25.5 Å². The number of carbonyl (C=O) groups is 3. The highest BCUT2D eigenvalue weighted by atomic mass is 35.5. The average molecular weight is 529 g/mol. The van der Waals surface area contributed by atoms with Crippen LogP contribution in [0.2, 0.25) is 5.02 Å². The zero-order chi connectivity index (χ0) is 26.1. The van der Waals surface area contributed by atoms with E-state index in [0.29, 0.717) is 27.9 Å². The molecule has 11 nitrogen and oxygen atoms in total. The van der Waals surface area contributed by atoms with Crippen molar-refractivity contribution in [1.29, 1.82) is 0 Å². The highest BCUT2D eigenvalue weighted by Crippen LogP contribution is 2.30. The average Bonchev–Trinajstić information content (AvgIpc) is 3.52. The normalized spacial score (nSPS) is 16.5. The zero-order valence-corrected chi connectivity index (χ0v) is 20.4. The summed E-state index contributed by atoms with van der Waals surface area (Å²) in [5.41, 5.74) is 1.18. The molecule has 2 amide bonds. The summed E-state index contributed by atoms with van der Waals surface area (Å²) in [4.78, 5) is 42.1. The maximum Gasteiger partial charge on any atom is 0.510 e. The van der Waals surface area contributed by atoms with Gasteiger partial charge in [-0.25, -0.2) is 19.1 Å². The lowest BCUT2D eigenvalue weighted by Gasteiger charge is -2.13. The number of rotatable bonds is 8. The van der Waals surface area contributed by atoms with Crippen molar-refractivity contribution in [2.45, 2.75) is 32.2 Å². The van der Waals surface area contributed by atoms with Gasteiger partial charge in [0.05, 0.1) is 24.9 Å². The number of anilines is 3. The summed E-state index contributed by atoms with van der Waals surface area (Å²) in [7, 11) is 0. The molecule has 13 heteroatoms. The second-order valence-corrected chi connectivity index (χ2v) is 8.90. The Kier molecular flexibility index (Phi) is 6.66. The van der Waals surface area contributed by atoms with Crippen LogP contribution in [0.3, 0.4) is 0 Å². The molecule has 0 bridgehead atoms. The molecule has 0 radical (unpaired) electrons. The quantitative estimate of drug-likeness (QED) is 0.252. The van der Waals surface area contributed by atoms with Crippen molar-refractivity contribution in [1.82, 2.24) is 19.5 Å². The number of hydrogen-bond donors (Lipinski definition) is 2. The second-order valence-electron chi connectivity index (χ2n) is 8.46. The van der Waals surface area contributed by atoms with E-state index in [-0.39, 0.29) is 30.3 Å². The maximum absolute atomic E-state index is 14.3. The van der Waals surface area contributed by atoms with Gasteiger partial charge in [-0.2, -0.15) is 9.61 Å². The van der Waals surface area contributed by atoms with Crippen LogP contribution < -0.4 is 10.6 Å². The Morgan fingerprint density at radius 2 is 2.08 bits per heavy atom. The smallest absolute Gasteiger partial charge is 0.435 e. The minimum atomic E-state index is -0.973. The van der Waals surface area contributed by atoms with Gasteiger partial charge in [-0.3, -0.25) is 9.59 Å². The SMILES string of the molecule is CCOC(=O)OCN1C(=O)CC(=Cc2cnn3c(NC4CC4)cc(Nc4cc(Cl)ccc4F)nc23)C1=O. The molecule has 2 fully saturated rings. The Morgan fingerprint density at radius 1 is 1.27 bits per heavy atom. The van der Waals surface area contributed by atoms with Crippen LogP contribution in [0.4, 0.5) is 26.5 Å². The number of ether oxygens (including phenoxy) is 2. The number of likely N-dealkylation sites (tertiary alicyclic amines) is 1. The van der Waals surface area contributed by atoms with E-state index in [1.54, 1.807) is 17.5 Å². The summed E-state index contributed by atoms with van der Waals surface area (Å²) in [6.45, 7) is 1.16. The molecular formula is C24H22ClFN6O5. The number of aromatic nitrogens is 3. The minimum Gasteiger partial charge on any atom is -0.435 e. The molecule has 1 aromatic carbocycles. The zero-order valence-electron chi connectivity index (χ0n) is 19.7. The summed E-state index contributed by atoms with van der Waals surface area (Å²) in [5, 5.41) is 11.1.